The van der Waals surface area contributed by atoms with E-state index >= 15 is 0 Å². The lowest BCUT2D eigenvalue weighted by Crippen LogP contribution is -2.23. The molecule has 5 nitrogen and oxygen atoms in total. The fourth-order valence-electron chi connectivity index (χ4n) is 1.64. The minimum Gasteiger partial charge on any atom is -0.346 e. The average molecular weight is 369 g/mol. The molecule has 2 heterocycles. The van der Waals surface area contributed by atoms with E-state index in [0.717, 1.165) is 20.6 Å². The molecule has 1 amide bonds. The van der Waals surface area contributed by atoms with Crippen LogP contribution in [0.15, 0.2) is 5.38 Å². The smallest absolute Gasteiger partial charge is 0.271 e. The van der Waals surface area contributed by atoms with E-state index < -0.39 is 0 Å². The second kappa shape index (κ2) is 9.32. The summed E-state index contributed by atoms with van der Waals surface area (Å²) in [4.78, 5) is 21.6. The number of carbonyl (C=O) groups excluding carboxylic acids is 1. The number of hydrogen-bond donors (Lipinski definition) is 2. The molecule has 0 aliphatic carbocycles. The molecule has 2 rings (SSSR count). The summed E-state index contributed by atoms with van der Waals surface area (Å²) in [7, 11) is 0. The van der Waals surface area contributed by atoms with Crippen LogP contribution in [0.5, 0.6) is 0 Å². The van der Waals surface area contributed by atoms with E-state index in [0.29, 0.717) is 25.2 Å². The molecule has 0 atom stereocenters. The van der Waals surface area contributed by atoms with Crippen LogP contribution in [0.3, 0.4) is 0 Å². The lowest BCUT2D eigenvalue weighted by Gasteiger charge is -2.01. The zero-order chi connectivity index (χ0) is 13.8. The maximum Gasteiger partial charge on any atom is 0.271 e. The van der Waals surface area contributed by atoms with Crippen molar-refractivity contribution in [1.82, 2.24) is 15.3 Å². The Balaban J connectivity index is 0.00000200. The molecule has 0 bridgehead atoms. The Morgan fingerprint density at radius 3 is 2.62 bits per heavy atom. The van der Waals surface area contributed by atoms with Crippen LogP contribution in [0.25, 0.3) is 0 Å². The van der Waals surface area contributed by atoms with Gasteiger partial charge in [-0.15, -0.1) is 47.5 Å². The van der Waals surface area contributed by atoms with Gasteiger partial charge in [0.25, 0.3) is 5.91 Å². The Labute approximate surface area is 144 Å². The van der Waals surface area contributed by atoms with Gasteiger partial charge >= 0.3 is 0 Å². The molecule has 2 aromatic rings. The number of carbonyl (C=O) groups is 1. The topological polar surface area (TPSA) is 80.9 Å². The summed E-state index contributed by atoms with van der Waals surface area (Å²) in [5.74, 6) is -0.148. The molecule has 2 aromatic heterocycles. The minimum absolute atomic E-state index is 0. The first-order chi connectivity index (χ1) is 9.10. The molecule has 0 saturated carbocycles. The summed E-state index contributed by atoms with van der Waals surface area (Å²) < 4.78 is 0. The second-order valence-corrected chi connectivity index (χ2v) is 6.32. The van der Waals surface area contributed by atoms with Crippen LogP contribution in [-0.2, 0) is 13.0 Å². The highest BCUT2D eigenvalue weighted by molar-refractivity contribution is 7.11. The highest BCUT2D eigenvalue weighted by atomic mass is 35.5. The van der Waals surface area contributed by atoms with Crippen LogP contribution in [0.2, 0.25) is 0 Å². The third kappa shape index (κ3) is 5.52. The van der Waals surface area contributed by atoms with E-state index in [2.05, 4.69) is 15.3 Å². The van der Waals surface area contributed by atoms with Crippen LogP contribution in [0.1, 0.15) is 31.1 Å². The molecule has 0 spiro atoms. The Kier molecular flexibility index (Phi) is 9.00. The Morgan fingerprint density at radius 2 is 2.05 bits per heavy atom. The van der Waals surface area contributed by atoms with Crippen LogP contribution in [0.4, 0.5) is 0 Å². The monoisotopic (exact) mass is 368 g/mol. The largest absolute Gasteiger partial charge is 0.346 e. The van der Waals surface area contributed by atoms with Crippen LogP contribution >= 0.6 is 47.5 Å². The normalized spacial score (nSPS) is 9.67. The molecule has 0 radical (unpaired) electrons. The third-order valence-electron chi connectivity index (χ3n) is 2.55. The summed E-state index contributed by atoms with van der Waals surface area (Å²) in [6.07, 6.45) is 0.713. The Hall–Kier alpha value is -0.730. The molecule has 0 unspecified atom stereocenters. The predicted octanol–water partition coefficient (Wildman–Crippen LogP) is 2.49. The van der Waals surface area contributed by atoms with E-state index in [9.17, 15) is 4.79 Å². The average Bonchev–Trinajstić information content (AvgIpc) is 2.94. The van der Waals surface area contributed by atoms with Crippen molar-refractivity contribution < 1.29 is 4.79 Å². The fourth-order valence-corrected chi connectivity index (χ4v) is 3.31. The van der Waals surface area contributed by atoms with Gasteiger partial charge in [0.2, 0.25) is 0 Å². The van der Waals surface area contributed by atoms with Gasteiger partial charge in [-0.3, -0.25) is 4.79 Å². The van der Waals surface area contributed by atoms with Crippen molar-refractivity contribution in [3.05, 3.63) is 31.7 Å². The van der Waals surface area contributed by atoms with Crippen LogP contribution in [-0.4, -0.2) is 22.4 Å². The molecule has 3 N–H and O–H groups in total. The van der Waals surface area contributed by atoms with Gasteiger partial charge in [0, 0.05) is 16.7 Å². The fraction of sp³-hybridized carbons (Fsp3) is 0.417. The summed E-state index contributed by atoms with van der Waals surface area (Å²) >= 11 is 3.07. The number of nitrogens with zero attached hydrogens (tertiary/aromatic N) is 2. The molecule has 0 aromatic carbocycles. The molecule has 0 saturated heterocycles. The van der Waals surface area contributed by atoms with Gasteiger partial charge in [-0.2, -0.15) is 0 Å². The number of rotatable bonds is 5. The summed E-state index contributed by atoms with van der Waals surface area (Å²) in [5, 5.41) is 6.55. The van der Waals surface area contributed by atoms with Crippen molar-refractivity contribution in [2.45, 2.75) is 26.8 Å². The zero-order valence-electron chi connectivity index (χ0n) is 11.7. The third-order valence-corrected chi connectivity index (χ3v) is 4.53. The predicted molar refractivity (Wildman–Crippen MR) is 92.1 cm³/mol. The molecule has 0 aliphatic heterocycles. The summed E-state index contributed by atoms with van der Waals surface area (Å²) in [6.45, 7) is 4.96. The minimum atomic E-state index is -0.148. The van der Waals surface area contributed by atoms with E-state index in [-0.39, 0.29) is 30.7 Å². The van der Waals surface area contributed by atoms with Crippen molar-refractivity contribution in [2.24, 2.45) is 5.73 Å². The zero-order valence-corrected chi connectivity index (χ0v) is 15.0. The van der Waals surface area contributed by atoms with Crippen molar-refractivity contribution >= 4 is 53.4 Å². The maximum absolute atomic E-state index is 11.9. The molecule has 118 valence electrons. The van der Waals surface area contributed by atoms with Gasteiger partial charge in [0.15, 0.2) is 0 Å². The van der Waals surface area contributed by atoms with Gasteiger partial charge in [-0.1, -0.05) is 0 Å². The van der Waals surface area contributed by atoms with Gasteiger partial charge in [0.05, 0.1) is 22.3 Å². The summed E-state index contributed by atoms with van der Waals surface area (Å²) in [6, 6.07) is 0. The van der Waals surface area contributed by atoms with E-state index in [1.165, 1.54) is 11.3 Å². The van der Waals surface area contributed by atoms with Gasteiger partial charge < -0.3 is 11.1 Å². The molecule has 0 aliphatic rings. The van der Waals surface area contributed by atoms with Gasteiger partial charge in [-0.05, 0) is 20.4 Å². The molecular formula is C12H18Cl2N4OS2. The van der Waals surface area contributed by atoms with Crippen LogP contribution in [0, 0.1) is 13.8 Å². The highest BCUT2D eigenvalue weighted by Crippen LogP contribution is 2.17. The van der Waals surface area contributed by atoms with Gasteiger partial charge in [0.1, 0.15) is 5.69 Å². The van der Waals surface area contributed by atoms with Gasteiger partial charge in [-0.25, -0.2) is 9.97 Å². The van der Waals surface area contributed by atoms with Crippen molar-refractivity contribution in [3.8, 4) is 0 Å². The van der Waals surface area contributed by atoms with Crippen molar-refractivity contribution in [3.63, 3.8) is 0 Å². The number of thiazole rings is 2. The summed E-state index contributed by atoms with van der Waals surface area (Å²) in [5.41, 5.74) is 6.90. The quantitative estimate of drug-likeness (QED) is 0.849. The SMILES string of the molecule is Cc1nc(C)c(CNC(=O)c2csc(CCN)n2)s1.Cl.Cl. The number of aromatic nitrogens is 2. The maximum atomic E-state index is 11.9. The number of nitrogens with one attached hydrogen (secondary N) is 1. The molecule has 21 heavy (non-hydrogen) atoms. The molecular weight excluding hydrogens is 351 g/mol. The highest BCUT2D eigenvalue weighted by Gasteiger charge is 2.12. The number of halogens is 2. The first kappa shape index (κ1) is 20.3. The van der Waals surface area contributed by atoms with E-state index in [1.54, 1.807) is 16.7 Å². The van der Waals surface area contributed by atoms with Crippen LogP contribution < -0.4 is 11.1 Å². The van der Waals surface area contributed by atoms with Crippen molar-refractivity contribution in [1.29, 1.82) is 0 Å². The number of hydrogen-bond acceptors (Lipinski definition) is 6. The number of nitrogens with two attached hydrogens (primary N) is 1. The molecule has 9 heteroatoms. The lowest BCUT2D eigenvalue weighted by atomic mass is 10.3. The molecule has 0 fully saturated rings. The Morgan fingerprint density at radius 1 is 1.33 bits per heavy atom. The van der Waals surface area contributed by atoms with E-state index in [4.69, 9.17) is 5.73 Å². The first-order valence-electron chi connectivity index (χ1n) is 5.95. The van der Waals surface area contributed by atoms with E-state index in [1.807, 2.05) is 13.8 Å². The van der Waals surface area contributed by atoms with Crippen molar-refractivity contribution in [2.75, 3.05) is 6.54 Å². The lowest BCUT2D eigenvalue weighted by molar-refractivity contribution is 0.0947. The Bertz CT molecular complexity index is 586. The second-order valence-electron chi connectivity index (χ2n) is 4.09. The standard InChI is InChI=1S/C12H16N4OS2.2ClH/c1-7-10(19-8(2)15-7)5-14-12(17)9-6-18-11(16-9)3-4-13;;/h6H,3-5,13H2,1-2H3,(H,14,17);2*1H. The number of aryl methyl sites for hydroxylation is 2. The first-order valence-corrected chi connectivity index (χ1v) is 7.65. The number of amides is 1.